The Kier molecular flexibility index (Phi) is 5.97. The lowest BCUT2D eigenvalue weighted by atomic mass is 10.0. The number of nitrogens with two attached hydrogens (primary N) is 1. The number of pyridine rings is 1. The molecule has 0 aliphatic carbocycles. The minimum Gasteiger partial charge on any atom is -0.444 e. The van der Waals surface area contributed by atoms with Gasteiger partial charge in [-0.3, -0.25) is 4.98 Å². The second-order valence-electron chi connectivity index (χ2n) is 6.90. The highest BCUT2D eigenvalue weighted by molar-refractivity contribution is 5.77. The van der Waals surface area contributed by atoms with Crippen LogP contribution in [-0.4, -0.2) is 16.7 Å². The molecule has 26 heavy (non-hydrogen) atoms. The molecule has 0 radical (unpaired) electrons. The molecular formula is C20H24FN3O2. The maximum atomic E-state index is 14.2. The summed E-state index contributed by atoms with van der Waals surface area (Å²) >= 11 is 0. The molecule has 1 aromatic heterocycles. The van der Waals surface area contributed by atoms with Gasteiger partial charge < -0.3 is 15.8 Å². The lowest BCUT2D eigenvalue weighted by Crippen LogP contribution is -2.35. The summed E-state index contributed by atoms with van der Waals surface area (Å²) in [6.45, 7) is 9.08. The van der Waals surface area contributed by atoms with Crippen LogP contribution in [0, 0.1) is 5.82 Å². The van der Waals surface area contributed by atoms with Crippen molar-refractivity contribution in [3.05, 3.63) is 60.7 Å². The fraction of sp³-hybridized carbons (Fsp3) is 0.300. The number of hydrogen-bond acceptors (Lipinski definition) is 4. The smallest absolute Gasteiger partial charge is 0.408 e. The van der Waals surface area contributed by atoms with Crippen molar-refractivity contribution in [2.75, 3.05) is 5.73 Å². The summed E-state index contributed by atoms with van der Waals surface area (Å²) in [5, 5.41) is 2.78. The SMILES string of the molecule is C=CCC(NC(=O)OC(C)(C)C)c1cc(-c2c(N)cccc2F)ccn1. The molecule has 0 spiro atoms. The van der Waals surface area contributed by atoms with Crippen molar-refractivity contribution in [3.63, 3.8) is 0 Å². The second kappa shape index (κ2) is 7.99. The summed E-state index contributed by atoms with van der Waals surface area (Å²) in [6.07, 6.45) is 3.13. The molecular weight excluding hydrogens is 333 g/mol. The van der Waals surface area contributed by atoms with E-state index >= 15 is 0 Å². The summed E-state index contributed by atoms with van der Waals surface area (Å²) in [4.78, 5) is 16.4. The Morgan fingerprint density at radius 2 is 2.15 bits per heavy atom. The zero-order valence-corrected chi connectivity index (χ0v) is 15.3. The summed E-state index contributed by atoms with van der Waals surface area (Å²) in [7, 11) is 0. The second-order valence-corrected chi connectivity index (χ2v) is 6.90. The standard InChI is InChI=1S/C20H24FN3O2/c1-5-7-16(24-19(25)26-20(2,3)4)17-12-13(10-11-23-17)18-14(21)8-6-9-15(18)22/h5-6,8-12,16H,1,7,22H2,2-4H3,(H,24,25). The van der Waals surface area contributed by atoms with Gasteiger partial charge in [0, 0.05) is 17.4 Å². The van der Waals surface area contributed by atoms with Crippen LogP contribution in [0.5, 0.6) is 0 Å². The first-order valence-electron chi connectivity index (χ1n) is 8.32. The average molecular weight is 357 g/mol. The Labute approximate surface area is 153 Å². The summed E-state index contributed by atoms with van der Waals surface area (Å²) in [6, 6.07) is 7.48. The highest BCUT2D eigenvalue weighted by Gasteiger charge is 2.21. The average Bonchev–Trinajstić information content (AvgIpc) is 2.53. The molecule has 0 saturated carbocycles. The van der Waals surface area contributed by atoms with E-state index in [-0.39, 0.29) is 0 Å². The lowest BCUT2D eigenvalue weighted by molar-refractivity contribution is 0.0503. The molecule has 1 amide bonds. The van der Waals surface area contributed by atoms with Crippen LogP contribution < -0.4 is 11.1 Å². The number of rotatable bonds is 5. The van der Waals surface area contributed by atoms with Crippen LogP contribution in [0.4, 0.5) is 14.9 Å². The zero-order chi connectivity index (χ0) is 19.3. The summed E-state index contributed by atoms with van der Waals surface area (Å²) in [5.41, 5.74) is 7.11. The molecule has 6 heteroatoms. The van der Waals surface area contributed by atoms with E-state index in [1.807, 2.05) is 0 Å². The van der Waals surface area contributed by atoms with Crippen molar-refractivity contribution in [1.82, 2.24) is 10.3 Å². The van der Waals surface area contributed by atoms with Gasteiger partial charge in [0.2, 0.25) is 0 Å². The first-order chi connectivity index (χ1) is 12.2. The lowest BCUT2D eigenvalue weighted by Gasteiger charge is -2.23. The normalized spacial score (nSPS) is 12.3. The largest absolute Gasteiger partial charge is 0.444 e. The monoisotopic (exact) mass is 357 g/mol. The van der Waals surface area contributed by atoms with E-state index < -0.39 is 23.6 Å². The molecule has 1 atom stereocenters. The number of alkyl carbamates (subject to hydrolysis) is 1. The molecule has 0 aliphatic heterocycles. The van der Waals surface area contributed by atoms with Gasteiger partial charge >= 0.3 is 6.09 Å². The number of nitrogens with one attached hydrogen (secondary N) is 1. The third-order valence-electron chi connectivity index (χ3n) is 3.57. The maximum Gasteiger partial charge on any atom is 0.408 e. The molecule has 2 rings (SSSR count). The molecule has 3 N–H and O–H groups in total. The predicted molar refractivity (Wildman–Crippen MR) is 101 cm³/mol. The quantitative estimate of drug-likeness (QED) is 0.605. The molecule has 1 unspecified atom stereocenters. The number of nitrogen functional groups attached to an aromatic ring is 1. The van der Waals surface area contributed by atoms with Crippen molar-refractivity contribution in [1.29, 1.82) is 0 Å². The van der Waals surface area contributed by atoms with Crippen LogP contribution in [-0.2, 0) is 4.74 Å². The van der Waals surface area contributed by atoms with E-state index in [0.717, 1.165) is 0 Å². The van der Waals surface area contributed by atoms with Crippen LogP contribution in [0.2, 0.25) is 0 Å². The van der Waals surface area contributed by atoms with Crippen molar-refractivity contribution in [3.8, 4) is 11.1 Å². The molecule has 0 bridgehead atoms. The predicted octanol–water partition coefficient (Wildman–Crippen LogP) is 4.61. The van der Waals surface area contributed by atoms with Gasteiger partial charge in [-0.25, -0.2) is 9.18 Å². The van der Waals surface area contributed by atoms with E-state index in [0.29, 0.717) is 28.9 Å². The molecule has 1 aromatic carbocycles. The number of nitrogens with zero attached hydrogens (tertiary/aromatic N) is 1. The summed E-state index contributed by atoms with van der Waals surface area (Å²) < 4.78 is 19.5. The van der Waals surface area contributed by atoms with E-state index in [4.69, 9.17) is 10.5 Å². The van der Waals surface area contributed by atoms with E-state index in [2.05, 4.69) is 16.9 Å². The van der Waals surface area contributed by atoms with Gasteiger partial charge in [0.25, 0.3) is 0 Å². The van der Waals surface area contributed by atoms with E-state index in [1.54, 1.807) is 57.3 Å². The molecule has 2 aromatic rings. The number of aromatic nitrogens is 1. The number of carbonyl (C=O) groups is 1. The first-order valence-corrected chi connectivity index (χ1v) is 8.32. The van der Waals surface area contributed by atoms with Crippen LogP contribution in [0.25, 0.3) is 11.1 Å². The number of amides is 1. The fourth-order valence-electron chi connectivity index (χ4n) is 2.51. The topological polar surface area (TPSA) is 77.2 Å². The molecule has 0 aliphatic rings. The van der Waals surface area contributed by atoms with Crippen LogP contribution in [0.3, 0.4) is 0 Å². The first kappa shape index (κ1) is 19.4. The van der Waals surface area contributed by atoms with Crippen molar-refractivity contribution < 1.29 is 13.9 Å². The maximum absolute atomic E-state index is 14.2. The van der Waals surface area contributed by atoms with E-state index in [9.17, 15) is 9.18 Å². The number of carbonyl (C=O) groups excluding carboxylic acids is 1. The third-order valence-corrected chi connectivity index (χ3v) is 3.57. The Balaban J connectivity index is 2.33. The Hall–Kier alpha value is -2.89. The van der Waals surface area contributed by atoms with Gasteiger partial charge in [0.1, 0.15) is 11.4 Å². The van der Waals surface area contributed by atoms with Gasteiger partial charge in [-0.05, 0) is 57.0 Å². The summed E-state index contributed by atoms with van der Waals surface area (Å²) in [5.74, 6) is -0.414. The molecule has 138 valence electrons. The zero-order valence-electron chi connectivity index (χ0n) is 15.3. The number of ether oxygens (including phenoxy) is 1. The molecule has 0 saturated heterocycles. The minimum atomic E-state index is -0.611. The van der Waals surface area contributed by atoms with Crippen LogP contribution in [0.1, 0.15) is 38.9 Å². The Bertz CT molecular complexity index is 780. The molecule has 1 heterocycles. The van der Waals surface area contributed by atoms with Gasteiger partial charge in [0.05, 0.1) is 11.7 Å². The highest BCUT2D eigenvalue weighted by Crippen LogP contribution is 2.30. The number of halogens is 1. The number of anilines is 1. The fourth-order valence-corrected chi connectivity index (χ4v) is 2.51. The van der Waals surface area contributed by atoms with Crippen LogP contribution >= 0.6 is 0 Å². The van der Waals surface area contributed by atoms with Crippen molar-refractivity contribution in [2.45, 2.75) is 38.8 Å². The van der Waals surface area contributed by atoms with Gasteiger partial charge in [-0.15, -0.1) is 6.58 Å². The number of hydrogen-bond donors (Lipinski definition) is 2. The van der Waals surface area contributed by atoms with Gasteiger partial charge in [0.15, 0.2) is 0 Å². The minimum absolute atomic E-state index is 0.311. The van der Waals surface area contributed by atoms with E-state index in [1.165, 1.54) is 6.07 Å². The molecule has 0 fully saturated rings. The Morgan fingerprint density at radius 3 is 2.77 bits per heavy atom. The third kappa shape index (κ3) is 5.05. The molecule has 5 nitrogen and oxygen atoms in total. The van der Waals surface area contributed by atoms with Crippen molar-refractivity contribution in [2.24, 2.45) is 0 Å². The highest BCUT2D eigenvalue weighted by atomic mass is 19.1. The van der Waals surface area contributed by atoms with Crippen LogP contribution in [0.15, 0.2) is 49.2 Å². The van der Waals surface area contributed by atoms with Gasteiger partial charge in [-0.1, -0.05) is 12.1 Å². The van der Waals surface area contributed by atoms with Crippen molar-refractivity contribution >= 4 is 11.8 Å². The van der Waals surface area contributed by atoms with Gasteiger partial charge in [-0.2, -0.15) is 0 Å². The number of benzene rings is 1. The Morgan fingerprint density at radius 1 is 1.42 bits per heavy atom.